The average molecular weight is 290 g/mol. The molecule has 0 radical (unpaired) electrons. The summed E-state index contributed by atoms with van der Waals surface area (Å²) in [6.45, 7) is 4.09. The summed E-state index contributed by atoms with van der Waals surface area (Å²) in [5.74, 6) is 3.02. The van der Waals surface area contributed by atoms with Gasteiger partial charge in [-0.15, -0.1) is 0 Å². The quantitative estimate of drug-likeness (QED) is 0.596. The number of hydrogen-bond acceptors (Lipinski definition) is 2. The summed E-state index contributed by atoms with van der Waals surface area (Å²) < 4.78 is 11.9. The van der Waals surface area contributed by atoms with Gasteiger partial charge in [0, 0.05) is 0 Å². The molecule has 3 rings (SSSR count). The molecule has 0 heterocycles. The number of benzene rings is 3. The first kappa shape index (κ1) is 14.2. The third-order valence-electron chi connectivity index (χ3n) is 3.28. The molecule has 0 bridgehead atoms. The van der Waals surface area contributed by atoms with E-state index in [1.807, 2.05) is 86.6 Å². The van der Waals surface area contributed by atoms with Gasteiger partial charge in [0.1, 0.15) is 11.5 Å². The van der Waals surface area contributed by atoms with E-state index in [0.29, 0.717) is 11.5 Å². The molecule has 0 atom stereocenters. The molecule has 110 valence electrons. The summed E-state index contributed by atoms with van der Waals surface area (Å²) in [4.78, 5) is 0. The van der Waals surface area contributed by atoms with Crippen molar-refractivity contribution in [3.63, 3.8) is 0 Å². The Kier molecular flexibility index (Phi) is 4.10. The van der Waals surface area contributed by atoms with Crippen molar-refractivity contribution >= 4 is 0 Å². The standard InChI is InChI=1S/C20H18O2/c1-15-7-5-9-17(13-15)21-19-11-3-4-12-20(19)22-18-10-6-8-16(2)14-18/h3-14H,1-2H3. The van der Waals surface area contributed by atoms with E-state index in [2.05, 4.69) is 0 Å². The van der Waals surface area contributed by atoms with Crippen molar-refractivity contribution in [2.75, 3.05) is 0 Å². The van der Waals surface area contributed by atoms with Crippen LogP contribution in [0.5, 0.6) is 23.0 Å². The van der Waals surface area contributed by atoms with Gasteiger partial charge in [0.2, 0.25) is 0 Å². The van der Waals surface area contributed by atoms with Gasteiger partial charge in [-0.1, -0.05) is 36.4 Å². The van der Waals surface area contributed by atoms with Gasteiger partial charge in [-0.05, 0) is 61.4 Å². The molecule has 22 heavy (non-hydrogen) atoms. The summed E-state index contributed by atoms with van der Waals surface area (Å²) in [5.41, 5.74) is 2.32. The van der Waals surface area contributed by atoms with Crippen LogP contribution in [0.3, 0.4) is 0 Å². The monoisotopic (exact) mass is 290 g/mol. The van der Waals surface area contributed by atoms with Gasteiger partial charge in [-0.3, -0.25) is 0 Å². The van der Waals surface area contributed by atoms with Gasteiger partial charge in [-0.2, -0.15) is 0 Å². The maximum absolute atomic E-state index is 5.97. The molecular formula is C20H18O2. The number of rotatable bonds is 4. The van der Waals surface area contributed by atoms with E-state index >= 15 is 0 Å². The Hall–Kier alpha value is -2.74. The molecule has 3 aromatic carbocycles. The third kappa shape index (κ3) is 3.47. The van der Waals surface area contributed by atoms with Gasteiger partial charge in [-0.25, -0.2) is 0 Å². The molecule has 2 heteroatoms. The molecule has 0 unspecified atom stereocenters. The van der Waals surface area contributed by atoms with Crippen LogP contribution in [0.15, 0.2) is 72.8 Å². The molecule has 0 amide bonds. The van der Waals surface area contributed by atoms with E-state index in [0.717, 1.165) is 22.6 Å². The summed E-state index contributed by atoms with van der Waals surface area (Å²) in [5, 5.41) is 0. The first-order valence-electron chi connectivity index (χ1n) is 7.29. The van der Waals surface area contributed by atoms with Crippen molar-refractivity contribution < 1.29 is 9.47 Å². The minimum absolute atomic E-state index is 0.703. The van der Waals surface area contributed by atoms with Crippen LogP contribution in [0.4, 0.5) is 0 Å². The van der Waals surface area contributed by atoms with Crippen LogP contribution in [-0.2, 0) is 0 Å². The Balaban J connectivity index is 1.86. The zero-order valence-corrected chi connectivity index (χ0v) is 12.7. The Morgan fingerprint density at radius 1 is 0.545 bits per heavy atom. The lowest BCUT2D eigenvalue weighted by molar-refractivity contribution is 0.418. The predicted octanol–water partition coefficient (Wildman–Crippen LogP) is 5.89. The highest BCUT2D eigenvalue weighted by Crippen LogP contribution is 2.34. The van der Waals surface area contributed by atoms with Gasteiger partial charge in [0.15, 0.2) is 11.5 Å². The van der Waals surface area contributed by atoms with Crippen molar-refractivity contribution in [2.45, 2.75) is 13.8 Å². The fourth-order valence-electron chi connectivity index (χ4n) is 2.23. The van der Waals surface area contributed by atoms with E-state index in [1.54, 1.807) is 0 Å². The van der Waals surface area contributed by atoms with Gasteiger partial charge in [0.25, 0.3) is 0 Å². The SMILES string of the molecule is Cc1cccc(Oc2ccccc2Oc2cccc(C)c2)c1. The molecule has 0 saturated heterocycles. The van der Waals surface area contributed by atoms with E-state index in [9.17, 15) is 0 Å². The molecule has 0 saturated carbocycles. The second kappa shape index (κ2) is 6.35. The zero-order valence-electron chi connectivity index (χ0n) is 12.7. The van der Waals surface area contributed by atoms with Crippen molar-refractivity contribution in [1.29, 1.82) is 0 Å². The summed E-state index contributed by atoms with van der Waals surface area (Å²) in [6, 6.07) is 23.6. The molecular weight excluding hydrogens is 272 g/mol. The molecule has 0 aliphatic rings. The fourth-order valence-corrected chi connectivity index (χ4v) is 2.23. The van der Waals surface area contributed by atoms with Crippen LogP contribution in [0, 0.1) is 13.8 Å². The molecule has 3 aromatic rings. The van der Waals surface area contributed by atoms with Crippen molar-refractivity contribution in [2.24, 2.45) is 0 Å². The average Bonchev–Trinajstić information content (AvgIpc) is 2.49. The smallest absolute Gasteiger partial charge is 0.169 e. The maximum Gasteiger partial charge on any atom is 0.169 e. The minimum Gasteiger partial charge on any atom is -0.453 e. The van der Waals surface area contributed by atoms with Crippen molar-refractivity contribution in [1.82, 2.24) is 0 Å². The highest BCUT2D eigenvalue weighted by atomic mass is 16.5. The minimum atomic E-state index is 0.703. The number of hydrogen-bond donors (Lipinski definition) is 0. The number of para-hydroxylation sites is 2. The topological polar surface area (TPSA) is 18.5 Å². The molecule has 0 N–H and O–H groups in total. The van der Waals surface area contributed by atoms with Crippen LogP contribution in [0.2, 0.25) is 0 Å². The number of aryl methyl sites for hydroxylation is 2. The lowest BCUT2D eigenvalue weighted by Crippen LogP contribution is -1.90. The Morgan fingerprint density at radius 2 is 1.00 bits per heavy atom. The molecule has 0 fully saturated rings. The molecule has 0 spiro atoms. The van der Waals surface area contributed by atoms with Crippen LogP contribution in [0.1, 0.15) is 11.1 Å². The van der Waals surface area contributed by atoms with Crippen molar-refractivity contribution in [3.8, 4) is 23.0 Å². The fraction of sp³-hybridized carbons (Fsp3) is 0.100. The van der Waals surface area contributed by atoms with Crippen LogP contribution in [0.25, 0.3) is 0 Å². The Bertz CT molecular complexity index is 711. The van der Waals surface area contributed by atoms with Gasteiger partial charge < -0.3 is 9.47 Å². The highest BCUT2D eigenvalue weighted by Gasteiger charge is 2.07. The van der Waals surface area contributed by atoms with E-state index in [-0.39, 0.29) is 0 Å². The first-order valence-corrected chi connectivity index (χ1v) is 7.29. The summed E-state index contributed by atoms with van der Waals surface area (Å²) in [6.07, 6.45) is 0. The third-order valence-corrected chi connectivity index (χ3v) is 3.28. The first-order chi connectivity index (χ1) is 10.7. The van der Waals surface area contributed by atoms with E-state index < -0.39 is 0 Å². The van der Waals surface area contributed by atoms with E-state index in [1.165, 1.54) is 0 Å². The Labute approximate surface area is 131 Å². The second-order valence-electron chi connectivity index (χ2n) is 5.28. The lowest BCUT2D eigenvalue weighted by atomic mass is 10.2. The highest BCUT2D eigenvalue weighted by molar-refractivity contribution is 5.45. The molecule has 2 nitrogen and oxygen atoms in total. The summed E-state index contributed by atoms with van der Waals surface area (Å²) in [7, 11) is 0. The lowest BCUT2D eigenvalue weighted by Gasteiger charge is -2.12. The second-order valence-corrected chi connectivity index (χ2v) is 5.28. The van der Waals surface area contributed by atoms with Gasteiger partial charge in [0.05, 0.1) is 0 Å². The number of ether oxygens (including phenoxy) is 2. The van der Waals surface area contributed by atoms with Gasteiger partial charge >= 0.3 is 0 Å². The summed E-state index contributed by atoms with van der Waals surface area (Å²) >= 11 is 0. The maximum atomic E-state index is 5.97. The van der Waals surface area contributed by atoms with Crippen molar-refractivity contribution in [3.05, 3.63) is 83.9 Å². The molecule has 0 aliphatic carbocycles. The predicted molar refractivity (Wildman–Crippen MR) is 88.9 cm³/mol. The molecule has 0 aliphatic heterocycles. The normalized spacial score (nSPS) is 10.3. The van der Waals surface area contributed by atoms with Crippen LogP contribution >= 0.6 is 0 Å². The van der Waals surface area contributed by atoms with Crippen LogP contribution in [-0.4, -0.2) is 0 Å². The van der Waals surface area contributed by atoms with E-state index in [4.69, 9.17) is 9.47 Å². The largest absolute Gasteiger partial charge is 0.453 e. The Morgan fingerprint density at radius 3 is 1.41 bits per heavy atom. The molecule has 0 aromatic heterocycles. The van der Waals surface area contributed by atoms with Crippen LogP contribution < -0.4 is 9.47 Å². The zero-order chi connectivity index (χ0) is 15.4.